The minimum atomic E-state index is -0.683. The molecule has 0 spiro atoms. The number of methoxy groups -OCH3 is 1. The van der Waals surface area contributed by atoms with Crippen molar-refractivity contribution >= 4 is 17.5 Å². The maximum Gasteiger partial charge on any atom is 0.313 e. The van der Waals surface area contributed by atoms with E-state index >= 15 is 0 Å². The summed E-state index contributed by atoms with van der Waals surface area (Å²) < 4.78 is 5.09. The Hall–Kier alpha value is -2.86. The van der Waals surface area contributed by atoms with Crippen LogP contribution in [0.3, 0.4) is 0 Å². The Morgan fingerprint density at radius 1 is 1.07 bits per heavy atom. The van der Waals surface area contributed by atoms with Crippen molar-refractivity contribution in [3.63, 3.8) is 0 Å². The molecule has 1 aliphatic heterocycles. The number of anilines is 1. The number of likely N-dealkylation sites (tertiary alicyclic amines) is 1. The van der Waals surface area contributed by atoms with Gasteiger partial charge in [0.15, 0.2) is 0 Å². The Bertz CT molecular complexity index is 836. The SMILES string of the molecule is COc1ccc(NC(=O)C(=O)NCc2ccccc2CN2CCCC(C)C2)cc1. The van der Waals surface area contributed by atoms with Crippen molar-refractivity contribution in [3.05, 3.63) is 59.7 Å². The van der Waals surface area contributed by atoms with Gasteiger partial charge in [-0.2, -0.15) is 0 Å². The third kappa shape index (κ3) is 6.06. The number of nitrogens with one attached hydrogen (secondary N) is 2. The van der Waals surface area contributed by atoms with Gasteiger partial charge < -0.3 is 15.4 Å². The highest BCUT2D eigenvalue weighted by atomic mass is 16.5. The predicted molar refractivity (Wildman–Crippen MR) is 114 cm³/mol. The van der Waals surface area contributed by atoms with Crippen molar-refractivity contribution in [3.8, 4) is 5.75 Å². The van der Waals surface area contributed by atoms with Crippen LogP contribution in [0.2, 0.25) is 0 Å². The monoisotopic (exact) mass is 395 g/mol. The molecule has 0 aliphatic carbocycles. The molecule has 1 fully saturated rings. The molecule has 3 rings (SSSR count). The van der Waals surface area contributed by atoms with Crippen LogP contribution in [-0.4, -0.2) is 36.9 Å². The first-order chi connectivity index (χ1) is 14.0. The van der Waals surface area contributed by atoms with E-state index in [1.807, 2.05) is 18.2 Å². The second-order valence-electron chi connectivity index (χ2n) is 7.62. The maximum absolute atomic E-state index is 12.2. The van der Waals surface area contributed by atoms with Gasteiger partial charge in [0.1, 0.15) is 5.75 Å². The van der Waals surface area contributed by atoms with Crippen LogP contribution in [0.1, 0.15) is 30.9 Å². The van der Waals surface area contributed by atoms with Gasteiger partial charge in [-0.25, -0.2) is 0 Å². The first-order valence-corrected chi connectivity index (χ1v) is 10.1. The van der Waals surface area contributed by atoms with E-state index in [4.69, 9.17) is 4.74 Å². The summed E-state index contributed by atoms with van der Waals surface area (Å²) in [5.74, 6) is 0.0733. The second kappa shape index (κ2) is 10.1. The molecule has 0 bridgehead atoms. The molecule has 154 valence electrons. The summed E-state index contributed by atoms with van der Waals surface area (Å²) in [4.78, 5) is 26.9. The van der Waals surface area contributed by atoms with E-state index in [2.05, 4.69) is 28.5 Å². The van der Waals surface area contributed by atoms with Crippen molar-refractivity contribution in [1.29, 1.82) is 0 Å². The van der Waals surface area contributed by atoms with Crippen molar-refractivity contribution in [2.75, 3.05) is 25.5 Å². The number of benzene rings is 2. The zero-order valence-electron chi connectivity index (χ0n) is 17.1. The summed E-state index contributed by atoms with van der Waals surface area (Å²) in [7, 11) is 1.57. The minimum Gasteiger partial charge on any atom is -0.497 e. The second-order valence-corrected chi connectivity index (χ2v) is 7.62. The zero-order chi connectivity index (χ0) is 20.6. The van der Waals surface area contributed by atoms with E-state index in [1.54, 1.807) is 31.4 Å². The fourth-order valence-corrected chi connectivity index (χ4v) is 3.67. The fraction of sp³-hybridized carbons (Fsp3) is 0.391. The van der Waals surface area contributed by atoms with Gasteiger partial charge in [0, 0.05) is 25.3 Å². The molecule has 1 unspecified atom stereocenters. The van der Waals surface area contributed by atoms with Gasteiger partial charge in [0.05, 0.1) is 7.11 Å². The van der Waals surface area contributed by atoms with Crippen LogP contribution in [0, 0.1) is 5.92 Å². The zero-order valence-corrected chi connectivity index (χ0v) is 17.1. The Morgan fingerprint density at radius 3 is 2.48 bits per heavy atom. The molecular weight excluding hydrogens is 366 g/mol. The summed E-state index contributed by atoms with van der Waals surface area (Å²) in [5, 5.41) is 5.33. The minimum absolute atomic E-state index is 0.328. The number of ether oxygens (including phenoxy) is 1. The number of piperidine rings is 1. The first kappa shape index (κ1) is 20.9. The van der Waals surface area contributed by atoms with Gasteiger partial charge in [0.25, 0.3) is 0 Å². The molecule has 2 aromatic rings. The lowest BCUT2D eigenvalue weighted by atomic mass is 9.99. The van der Waals surface area contributed by atoms with E-state index in [1.165, 1.54) is 18.4 Å². The van der Waals surface area contributed by atoms with Crippen molar-refractivity contribution in [1.82, 2.24) is 10.2 Å². The molecule has 1 aliphatic rings. The number of nitrogens with zero attached hydrogens (tertiary/aromatic N) is 1. The molecule has 0 radical (unpaired) electrons. The molecule has 6 nitrogen and oxygen atoms in total. The van der Waals surface area contributed by atoms with Gasteiger partial charge in [-0.1, -0.05) is 31.2 Å². The third-order valence-electron chi connectivity index (χ3n) is 5.25. The molecule has 1 heterocycles. The van der Waals surface area contributed by atoms with E-state index < -0.39 is 11.8 Å². The number of hydrogen-bond acceptors (Lipinski definition) is 4. The molecule has 0 aromatic heterocycles. The van der Waals surface area contributed by atoms with Gasteiger partial charge >= 0.3 is 11.8 Å². The van der Waals surface area contributed by atoms with Crippen LogP contribution in [-0.2, 0) is 22.7 Å². The lowest BCUT2D eigenvalue weighted by molar-refractivity contribution is -0.136. The van der Waals surface area contributed by atoms with Crippen molar-refractivity contribution < 1.29 is 14.3 Å². The average molecular weight is 396 g/mol. The molecule has 2 amide bonds. The number of amides is 2. The van der Waals surface area contributed by atoms with Gasteiger partial charge in [-0.15, -0.1) is 0 Å². The highest BCUT2D eigenvalue weighted by Crippen LogP contribution is 2.19. The van der Waals surface area contributed by atoms with Crippen molar-refractivity contribution in [2.45, 2.75) is 32.9 Å². The molecule has 2 aromatic carbocycles. The maximum atomic E-state index is 12.2. The van der Waals surface area contributed by atoms with Crippen LogP contribution in [0.25, 0.3) is 0 Å². The Balaban J connectivity index is 1.54. The van der Waals surface area contributed by atoms with E-state index in [0.717, 1.165) is 31.1 Å². The summed E-state index contributed by atoms with van der Waals surface area (Å²) >= 11 is 0. The normalized spacial score (nSPS) is 16.8. The third-order valence-corrected chi connectivity index (χ3v) is 5.25. The molecule has 2 N–H and O–H groups in total. The van der Waals surface area contributed by atoms with Crippen LogP contribution in [0.4, 0.5) is 5.69 Å². The Kier molecular flexibility index (Phi) is 7.25. The summed E-state index contributed by atoms with van der Waals surface area (Å²) in [5.41, 5.74) is 2.78. The number of carbonyl (C=O) groups excluding carboxylic acids is 2. The predicted octanol–water partition coefficient (Wildman–Crippen LogP) is 3.18. The van der Waals surface area contributed by atoms with Crippen LogP contribution in [0.5, 0.6) is 5.75 Å². The average Bonchev–Trinajstić information content (AvgIpc) is 2.73. The molecule has 0 saturated carbocycles. The first-order valence-electron chi connectivity index (χ1n) is 10.1. The molecule has 29 heavy (non-hydrogen) atoms. The van der Waals surface area contributed by atoms with E-state index in [9.17, 15) is 9.59 Å². The lowest BCUT2D eigenvalue weighted by Crippen LogP contribution is -2.36. The highest BCUT2D eigenvalue weighted by Gasteiger charge is 2.18. The van der Waals surface area contributed by atoms with Crippen LogP contribution < -0.4 is 15.4 Å². The standard InChI is InChI=1S/C23H29N3O3/c1-17-6-5-13-26(15-17)16-19-8-4-3-7-18(19)14-24-22(27)23(28)25-20-9-11-21(29-2)12-10-20/h3-4,7-12,17H,5-6,13-16H2,1-2H3,(H,24,27)(H,25,28). The Labute approximate surface area is 172 Å². The topological polar surface area (TPSA) is 70.7 Å². The fourth-order valence-electron chi connectivity index (χ4n) is 3.67. The smallest absolute Gasteiger partial charge is 0.313 e. The molecular formula is C23H29N3O3. The van der Waals surface area contributed by atoms with Crippen LogP contribution >= 0.6 is 0 Å². The van der Waals surface area contributed by atoms with Crippen molar-refractivity contribution in [2.24, 2.45) is 5.92 Å². The van der Waals surface area contributed by atoms with E-state index in [0.29, 0.717) is 18.0 Å². The van der Waals surface area contributed by atoms with E-state index in [-0.39, 0.29) is 0 Å². The van der Waals surface area contributed by atoms with Gasteiger partial charge in [-0.3, -0.25) is 14.5 Å². The van der Waals surface area contributed by atoms with Gasteiger partial charge in [0.2, 0.25) is 0 Å². The van der Waals surface area contributed by atoms with Gasteiger partial charge in [-0.05, 0) is 60.7 Å². The molecule has 6 heteroatoms. The number of rotatable bonds is 6. The summed E-state index contributed by atoms with van der Waals surface area (Å²) in [6.07, 6.45) is 2.52. The lowest BCUT2D eigenvalue weighted by Gasteiger charge is -2.31. The number of carbonyl (C=O) groups is 2. The number of hydrogen-bond donors (Lipinski definition) is 2. The largest absolute Gasteiger partial charge is 0.497 e. The molecule has 1 saturated heterocycles. The quantitative estimate of drug-likeness (QED) is 0.737. The summed E-state index contributed by atoms with van der Waals surface area (Å²) in [6, 6.07) is 14.9. The highest BCUT2D eigenvalue weighted by molar-refractivity contribution is 6.39. The summed E-state index contributed by atoms with van der Waals surface area (Å²) in [6.45, 7) is 5.70. The molecule has 1 atom stereocenters. The Morgan fingerprint density at radius 2 is 1.79 bits per heavy atom. The van der Waals surface area contributed by atoms with Crippen LogP contribution in [0.15, 0.2) is 48.5 Å².